The standard InChI is InChI=1S/C31H20F10O2/c1-2-3-17-4-6-18(7-5-17)19-8-10-22(23(32)12-19)20-13-25(34)29(26(35)14-20)31(40,41)42-21-9-11-27(24(33)15-21)43-30(38,39)16-28(36)37/h4-16H,2-3H2,1H3. The average molecular weight is 614 g/mol. The van der Waals surface area contributed by atoms with Crippen molar-refractivity contribution in [2.45, 2.75) is 32.0 Å². The van der Waals surface area contributed by atoms with Gasteiger partial charge in [-0.05, 0) is 59.0 Å². The molecule has 0 saturated heterocycles. The van der Waals surface area contributed by atoms with Crippen LogP contribution in [-0.2, 0) is 12.5 Å². The Kier molecular flexibility index (Phi) is 9.07. The van der Waals surface area contributed by atoms with Gasteiger partial charge >= 0.3 is 12.2 Å². The summed E-state index contributed by atoms with van der Waals surface area (Å²) >= 11 is 0. The summed E-state index contributed by atoms with van der Waals surface area (Å²) in [7, 11) is 0. The predicted octanol–water partition coefficient (Wildman–Crippen LogP) is 10.4. The minimum atomic E-state index is -4.77. The zero-order valence-electron chi connectivity index (χ0n) is 22.0. The van der Waals surface area contributed by atoms with Crippen LogP contribution < -0.4 is 9.47 Å². The number of ether oxygens (including phenoxy) is 2. The molecule has 0 amide bonds. The van der Waals surface area contributed by atoms with Gasteiger partial charge in [0.05, 0.1) is 6.08 Å². The summed E-state index contributed by atoms with van der Waals surface area (Å²) in [6, 6.07) is 13.1. The number of hydrogen-bond acceptors (Lipinski definition) is 2. The Labute approximate surface area is 238 Å². The molecular weight excluding hydrogens is 594 g/mol. The van der Waals surface area contributed by atoms with Gasteiger partial charge in [0.2, 0.25) is 0 Å². The lowest BCUT2D eigenvalue weighted by Crippen LogP contribution is -2.25. The SMILES string of the molecule is CCCc1ccc(-c2ccc(-c3cc(F)c(C(F)(F)Oc4ccc(OC(F)(F)C=C(F)F)c(F)c4)c(F)c3)c(F)c2)cc1. The highest BCUT2D eigenvalue weighted by Gasteiger charge is 2.41. The lowest BCUT2D eigenvalue weighted by molar-refractivity contribution is -0.189. The van der Waals surface area contributed by atoms with Gasteiger partial charge in [-0.25, -0.2) is 17.6 Å². The smallest absolute Gasteiger partial charge is 0.429 e. The molecular formula is C31H20F10O2. The van der Waals surface area contributed by atoms with E-state index in [-0.39, 0.29) is 11.6 Å². The molecule has 4 aromatic carbocycles. The molecule has 2 nitrogen and oxygen atoms in total. The van der Waals surface area contributed by atoms with E-state index in [9.17, 15) is 43.9 Å². The molecule has 0 fully saturated rings. The van der Waals surface area contributed by atoms with Gasteiger partial charge in [-0.2, -0.15) is 26.3 Å². The Hall–Kier alpha value is -4.48. The lowest BCUT2D eigenvalue weighted by atomic mass is 9.97. The first-order valence-electron chi connectivity index (χ1n) is 12.5. The molecule has 0 bridgehead atoms. The van der Waals surface area contributed by atoms with Gasteiger partial charge in [-0.15, -0.1) is 0 Å². The highest BCUT2D eigenvalue weighted by atomic mass is 19.3. The van der Waals surface area contributed by atoms with Gasteiger partial charge in [-0.1, -0.05) is 49.7 Å². The summed E-state index contributed by atoms with van der Waals surface area (Å²) in [6.07, 6.45) is -11.3. The van der Waals surface area contributed by atoms with Crippen LogP contribution in [0.4, 0.5) is 43.9 Å². The molecule has 0 heterocycles. The molecule has 43 heavy (non-hydrogen) atoms. The number of halogens is 10. The molecule has 0 spiro atoms. The third-order valence-corrected chi connectivity index (χ3v) is 6.11. The van der Waals surface area contributed by atoms with Crippen LogP contribution in [0.5, 0.6) is 11.5 Å². The van der Waals surface area contributed by atoms with Crippen LogP contribution in [0, 0.1) is 23.3 Å². The summed E-state index contributed by atoms with van der Waals surface area (Å²) in [4.78, 5) is 0. The Bertz CT molecular complexity index is 1620. The van der Waals surface area contributed by atoms with Gasteiger partial charge in [0.25, 0.3) is 6.08 Å². The zero-order valence-corrected chi connectivity index (χ0v) is 22.0. The van der Waals surface area contributed by atoms with E-state index in [1.807, 2.05) is 19.1 Å². The average Bonchev–Trinajstić information content (AvgIpc) is 2.89. The molecule has 0 aliphatic carbocycles. The summed E-state index contributed by atoms with van der Waals surface area (Å²) in [6.45, 7) is 2.03. The molecule has 0 unspecified atom stereocenters. The first-order valence-corrected chi connectivity index (χ1v) is 12.5. The maximum Gasteiger partial charge on any atom is 0.432 e. The quantitative estimate of drug-likeness (QED) is 0.166. The Balaban J connectivity index is 1.56. The monoisotopic (exact) mass is 614 g/mol. The van der Waals surface area contributed by atoms with E-state index in [1.165, 1.54) is 12.1 Å². The van der Waals surface area contributed by atoms with Crippen LogP contribution in [0.2, 0.25) is 0 Å². The maximum atomic E-state index is 15.0. The van der Waals surface area contributed by atoms with Crippen molar-refractivity contribution in [2.75, 3.05) is 0 Å². The fourth-order valence-corrected chi connectivity index (χ4v) is 4.22. The number of rotatable bonds is 10. The van der Waals surface area contributed by atoms with Crippen molar-refractivity contribution < 1.29 is 53.4 Å². The molecule has 0 aliphatic heterocycles. The fourth-order valence-electron chi connectivity index (χ4n) is 4.22. The molecule has 0 N–H and O–H groups in total. The van der Waals surface area contributed by atoms with Crippen molar-refractivity contribution >= 4 is 0 Å². The number of alkyl halides is 4. The Morgan fingerprint density at radius 3 is 1.84 bits per heavy atom. The first kappa shape index (κ1) is 31.5. The summed E-state index contributed by atoms with van der Waals surface area (Å²) < 4.78 is 147. The minimum Gasteiger partial charge on any atom is -0.429 e. The van der Waals surface area contributed by atoms with Crippen molar-refractivity contribution in [3.05, 3.63) is 119 Å². The van der Waals surface area contributed by atoms with Gasteiger partial charge in [-0.3, -0.25) is 0 Å². The highest BCUT2D eigenvalue weighted by Crippen LogP contribution is 2.39. The van der Waals surface area contributed by atoms with E-state index in [2.05, 4.69) is 9.47 Å². The van der Waals surface area contributed by atoms with Gasteiger partial charge in [0.15, 0.2) is 11.6 Å². The fraction of sp³-hybridized carbons (Fsp3) is 0.161. The van der Waals surface area contributed by atoms with Crippen LogP contribution in [0.15, 0.2) is 85.0 Å². The minimum absolute atomic E-state index is 0.118. The van der Waals surface area contributed by atoms with E-state index < -0.39 is 70.3 Å². The van der Waals surface area contributed by atoms with Crippen molar-refractivity contribution in [1.29, 1.82) is 0 Å². The molecule has 226 valence electrons. The summed E-state index contributed by atoms with van der Waals surface area (Å²) in [5, 5.41) is 0. The van der Waals surface area contributed by atoms with Crippen LogP contribution in [0.1, 0.15) is 24.5 Å². The maximum absolute atomic E-state index is 15.0. The topological polar surface area (TPSA) is 18.5 Å². The van der Waals surface area contributed by atoms with E-state index in [0.717, 1.165) is 24.5 Å². The molecule has 4 rings (SSSR count). The first-order chi connectivity index (χ1) is 20.2. The highest BCUT2D eigenvalue weighted by molar-refractivity contribution is 5.71. The van der Waals surface area contributed by atoms with Crippen molar-refractivity contribution in [3.63, 3.8) is 0 Å². The summed E-state index contributed by atoms with van der Waals surface area (Å²) in [5.74, 6) is -8.63. The second kappa shape index (κ2) is 12.4. The van der Waals surface area contributed by atoms with Crippen molar-refractivity contribution in [3.8, 4) is 33.8 Å². The third kappa shape index (κ3) is 7.49. The normalized spacial score (nSPS) is 11.8. The van der Waals surface area contributed by atoms with Crippen LogP contribution in [0.3, 0.4) is 0 Å². The van der Waals surface area contributed by atoms with Crippen LogP contribution in [-0.4, -0.2) is 6.11 Å². The van der Waals surface area contributed by atoms with E-state index in [4.69, 9.17) is 0 Å². The second-order valence-electron chi connectivity index (χ2n) is 9.27. The van der Waals surface area contributed by atoms with Crippen molar-refractivity contribution in [2.24, 2.45) is 0 Å². The Morgan fingerprint density at radius 1 is 0.674 bits per heavy atom. The molecule has 0 aromatic heterocycles. The number of benzene rings is 4. The van der Waals surface area contributed by atoms with E-state index in [1.54, 1.807) is 12.1 Å². The van der Waals surface area contributed by atoms with Crippen molar-refractivity contribution in [1.82, 2.24) is 0 Å². The number of aryl methyl sites for hydroxylation is 1. The Morgan fingerprint density at radius 2 is 1.28 bits per heavy atom. The summed E-state index contributed by atoms with van der Waals surface area (Å²) in [5.41, 5.74) is -0.320. The number of hydrogen-bond donors (Lipinski definition) is 0. The zero-order chi connectivity index (χ0) is 31.5. The molecule has 12 heteroatoms. The van der Waals surface area contributed by atoms with Gasteiger partial charge in [0, 0.05) is 11.6 Å². The molecule has 0 radical (unpaired) electrons. The second-order valence-corrected chi connectivity index (χ2v) is 9.27. The lowest BCUT2D eigenvalue weighted by Gasteiger charge is -2.21. The molecule has 0 saturated carbocycles. The molecule has 0 atom stereocenters. The third-order valence-electron chi connectivity index (χ3n) is 6.11. The largest absolute Gasteiger partial charge is 0.432 e. The van der Waals surface area contributed by atoms with Crippen LogP contribution in [0.25, 0.3) is 22.3 Å². The molecule has 0 aliphatic rings. The van der Waals surface area contributed by atoms with Crippen LogP contribution >= 0.6 is 0 Å². The van der Waals surface area contributed by atoms with E-state index >= 15 is 0 Å². The van der Waals surface area contributed by atoms with Gasteiger partial charge < -0.3 is 9.47 Å². The van der Waals surface area contributed by atoms with E-state index in [0.29, 0.717) is 35.4 Å². The predicted molar refractivity (Wildman–Crippen MR) is 138 cm³/mol. The molecule has 4 aromatic rings. The van der Waals surface area contributed by atoms with Gasteiger partial charge in [0.1, 0.15) is 28.8 Å².